The third-order valence-corrected chi connectivity index (χ3v) is 6.15. The van der Waals surface area contributed by atoms with E-state index in [-0.39, 0.29) is 23.7 Å². The minimum Gasteiger partial charge on any atom is -0.370 e. The van der Waals surface area contributed by atoms with Crippen LogP contribution in [-0.2, 0) is 9.53 Å². The van der Waals surface area contributed by atoms with Crippen LogP contribution in [-0.4, -0.2) is 17.6 Å². The molecule has 2 aliphatic rings. The van der Waals surface area contributed by atoms with Gasteiger partial charge in [0.25, 0.3) is 0 Å². The number of carbonyl (C=O) groups excluding carboxylic acids is 1. The van der Waals surface area contributed by atoms with Gasteiger partial charge in [-0.2, -0.15) is 0 Å². The molecule has 1 aromatic rings. The fourth-order valence-corrected chi connectivity index (χ4v) is 5.05. The molecule has 1 saturated carbocycles. The zero-order valence-corrected chi connectivity index (χ0v) is 15.7. The van der Waals surface area contributed by atoms with Gasteiger partial charge in [-0.3, -0.25) is 4.79 Å². The fraction of sp³-hybridized carbons (Fsp3) is 0.667. The number of fused-ring (bicyclic) bond motifs is 1. The summed E-state index contributed by atoms with van der Waals surface area (Å²) in [6, 6.07) is 6.43. The molecule has 1 heterocycles. The molecule has 1 aliphatic heterocycles. The van der Waals surface area contributed by atoms with Crippen LogP contribution in [0, 0.1) is 25.7 Å². The zero-order valence-electron chi connectivity index (χ0n) is 15.7. The Bertz CT molecular complexity index is 606. The number of amides is 1. The predicted octanol–water partition coefficient (Wildman–Crippen LogP) is 4.46. The molecule has 3 rings (SSSR count). The highest BCUT2D eigenvalue weighted by molar-refractivity contribution is 5.73. The van der Waals surface area contributed by atoms with E-state index in [1.807, 2.05) is 0 Å². The summed E-state index contributed by atoms with van der Waals surface area (Å²) in [6.45, 7) is 10.5. The molecule has 3 heteroatoms. The van der Waals surface area contributed by atoms with Crippen molar-refractivity contribution in [2.24, 2.45) is 11.8 Å². The summed E-state index contributed by atoms with van der Waals surface area (Å²) >= 11 is 0. The van der Waals surface area contributed by atoms with Crippen LogP contribution in [0.1, 0.15) is 69.2 Å². The second-order valence-corrected chi connectivity index (χ2v) is 8.30. The average molecular weight is 329 g/mol. The molecule has 0 aromatic heterocycles. The predicted molar refractivity (Wildman–Crippen MR) is 96.9 cm³/mol. The molecule has 24 heavy (non-hydrogen) atoms. The van der Waals surface area contributed by atoms with Crippen molar-refractivity contribution in [3.63, 3.8) is 0 Å². The van der Waals surface area contributed by atoms with Crippen LogP contribution in [0.25, 0.3) is 0 Å². The number of hydrogen-bond donors (Lipinski definition) is 1. The van der Waals surface area contributed by atoms with Gasteiger partial charge in [0.15, 0.2) is 0 Å². The maximum absolute atomic E-state index is 11.9. The molecule has 0 spiro atoms. The number of nitrogens with one attached hydrogen (secondary N) is 1. The van der Waals surface area contributed by atoms with Crippen LogP contribution >= 0.6 is 0 Å². The maximum atomic E-state index is 11.9. The molecule has 0 unspecified atom stereocenters. The highest BCUT2D eigenvalue weighted by Gasteiger charge is 2.49. The highest BCUT2D eigenvalue weighted by Crippen LogP contribution is 2.48. The Kier molecular flexibility index (Phi) is 4.74. The minimum absolute atomic E-state index is 0.0644. The van der Waals surface area contributed by atoms with E-state index in [0.717, 1.165) is 19.3 Å². The third kappa shape index (κ3) is 3.23. The standard InChI is InChI=1S/C21H31NO2/c1-13-9-10-17-18(11-13)24-19(12-21(17,5)22-16(4)23)20-14(2)7-6-8-15(20)3/h6-8,13,17-19H,9-12H2,1-5H3,(H,22,23)/t13-,17-,18-,19-,21+/m1/s1. The third-order valence-electron chi connectivity index (χ3n) is 6.15. The zero-order chi connectivity index (χ0) is 17.5. The molecule has 0 radical (unpaired) electrons. The molecule has 0 bridgehead atoms. The van der Waals surface area contributed by atoms with Crippen molar-refractivity contribution in [1.82, 2.24) is 5.32 Å². The number of carbonyl (C=O) groups is 1. The molecule has 3 nitrogen and oxygen atoms in total. The van der Waals surface area contributed by atoms with Crippen LogP contribution in [0.15, 0.2) is 18.2 Å². The topological polar surface area (TPSA) is 38.3 Å². The van der Waals surface area contributed by atoms with Crippen molar-refractivity contribution in [2.45, 2.75) is 78.0 Å². The first-order valence-electron chi connectivity index (χ1n) is 9.30. The Morgan fingerprint density at radius 3 is 2.54 bits per heavy atom. The van der Waals surface area contributed by atoms with Gasteiger partial charge < -0.3 is 10.1 Å². The van der Waals surface area contributed by atoms with Gasteiger partial charge in [0, 0.05) is 24.8 Å². The normalized spacial score (nSPS) is 36.0. The van der Waals surface area contributed by atoms with E-state index in [1.54, 1.807) is 6.92 Å². The summed E-state index contributed by atoms with van der Waals surface area (Å²) in [5, 5.41) is 3.29. The number of ether oxygens (including phenoxy) is 1. The van der Waals surface area contributed by atoms with Gasteiger partial charge in [0.2, 0.25) is 5.91 Å². The molecule has 1 aromatic carbocycles. The van der Waals surface area contributed by atoms with Crippen LogP contribution in [0.2, 0.25) is 0 Å². The van der Waals surface area contributed by atoms with Crippen LogP contribution in [0.5, 0.6) is 0 Å². The Labute approximate surface area is 146 Å². The molecule has 1 saturated heterocycles. The Hall–Kier alpha value is -1.35. The SMILES string of the molecule is CC(=O)N[C@@]1(C)C[C@H](c2c(C)cccc2C)O[C@@H]2C[C@H](C)CC[C@H]21. The quantitative estimate of drug-likeness (QED) is 0.869. The van der Waals surface area contributed by atoms with E-state index in [9.17, 15) is 4.79 Å². The van der Waals surface area contributed by atoms with Crippen molar-refractivity contribution in [3.8, 4) is 0 Å². The largest absolute Gasteiger partial charge is 0.370 e. The Morgan fingerprint density at radius 2 is 1.92 bits per heavy atom. The van der Waals surface area contributed by atoms with Gasteiger partial charge in [-0.25, -0.2) is 0 Å². The molecule has 132 valence electrons. The lowest BCUT2D eigenvalue weighted by atomic mass is 9.66. The van der Waals surface area contributed by atoms with Gasteiger partial charge >= 0.3 is 0 Å². The maximum Gasteiger partial charge on any atom is 0.217 e. The second kappa shape index (κ2) is 6.51. The first-order valence-corrected chi connectivity index (χ1v) is 9.30. The van der Waals surface area contributed by atoms with E-state index in [0.29, 0.717) is 11.8 Å². The van der Waals surface area contributed by atoms with Crippen LogP contribution < -0.4 is 5.32 Å². The summed E-state index contributed by atoms with van der Waals surface area (Å²) < 4.78 is 6.63. The summed E-state index contributed by atoms with van der Waals surface area (Å²) in [7, 11) is 0. The van der Waals surface area contributed by atoms with Crippen molar-refractivity contribution in [2.75, 3.05) is 0 Å². The number of benzene rings is 1. The molecule has 1 amide bonds. The molecule has 5 atom stereocenters. The van der Waals surface area contributed by atoms with E-state index in [1.165, 1.54) is 23.1 Å². The molecule has 1 aliphatic carbocycles. The molecular weight excluding hydrogens is 298 g/mol. The van der Waals surface area contributed by atoms with Crippen molar-refractivity contribution in [1.29, 1.82) is 0 Å². The molecule has 2 fully saturated rings. The number of rotatable bonds is 2. The summed E-state index contributed by atoms with van der Waals surface area (Å²) in [6.07, 6.45) is 4.63. The lowest BCUT2D eigenvalue weighted by Gasteiger charge is -2.52. The molecule has 1 N–H and O–H groups in total. The summed E-state index contributed by atoms with van der Waals surface area (Å²) in [5.74, 6) is 1.18. The first-order chi connectivity index (χ1) is 11.3. The Balaban J connectivity index is 1.96. The van der Waals surface area contributed by atoms with E-state index in [4.69, 9.17) is 4.74 Å². The lowest BCUT2D eigenvalue weighted by Crippen LogP contribution is -2.60. The number of hydrogen-bond acceptors (Lipinski definition) is 2. The Morgan fingerprint density at radius 1 is 1.25 bits per heavy atom. The first kappa shape index (κ1) is 17.5. The van der Waals surface area contributed by atoms with E-state index < -0.39 is 0 Å². The van der Waals surface area contributed by atoms with Crippen molar-refractivity contribution >= 4 is 5.91 Å². The highest BCUT2D eigenvalue weighted by atomic mass is 16.5. The van der Waals surface area contributed by atoms with Crippen molar-refractivity contribution < 1.29 is 9.53 Å². The van der Waals surface area contributed by atoms with Gasteiger partial charge in [0.1, 0.15) is 0 Å². The van der Waals surface area contributed by atoms with E-state index in [2.05, 4.69) is 51.2 Å². The van der Waals surface area contributed by atoms with Gasteiger partial charge in [-0.05, 0) is 56.2 Å². The summed E-state index contributed by atoms with van der Waals surface area (Å²) in [5.41, 5.74) is 3.69. The molecular formula is C21H31NO2. The smallest absolute Gasteiger partial charge is 0.217 e. The van der Waals surface area contributed by atoms with Gasteiger partial charge in [-0.15, -0.1) is 0 Å². The minimum atomic E-state index is -0.186. The monoisotopic (exact) mass is 329 g/mol. The van der Waals surface area contributed by atoms with E-state index >= 15 is 0 Å². The van der Waals surface area contributed by atoms with Crippen LogP contribution in [0.3, 0.4) is 0 Å². The average Bonchev–Trinajstić information content (AvgIpc) is 2.45. The number of aryl methyl sites for hydroxylation is 2. The van der Waals surface area contributed by atoms with Gasteiger partial charge in [0.05, 0.1) is 12.2 Å². The van der Waals surface area contributed by atoms with Crippen molar-refractivity contribution in [3.05, 3.63) is 34.9 Å². The van der Waals surface area contributed by atoms with Crippen LogP contribution in [0.4, 0.5) is 0 Å². The van der Waals surface area contributed by atoms with Gasteiger partial charge in [-0.1, -0.05) is 31.5 Å². The lowest BCUT2D eigenvalue weighted by molar-refractivity contribution is -0.153. The second-order valence-electron chi connectivity index (χ2n) is 8.30. The fourth-order valence-electron chi connectivity index (χ4n) is 5.05. The summed E-state index contributed by atoms with van der Waals surface area (Å²) in [4.78, 5) is 11.9.